The molecule has 2 aliphatic heterocycles. The second-order valence-corrected chi connectivity index (χ2v) is 9.18. The Morgan fingerprint density at radius 3 is 1.88 bits per heavy atom. The van der Waals surface area contributed by atoms with E-state index in [1.807, 2.05) is 0 Å². The van der Waals surface area contributed by atoms with E-state index >= 15 is 0 Å². The molecule has 0 radical (unpaired) electrons. The molecule has 6 fully saturated rings. The molecule has 24 heavy (non-hydrogen) atoms. The zero-order valence-electron chi connectivity index (χ0n) is 14.7. The summed E-state index contributed by atoms with van der Waals surface area (Å²) in [4.78, 5) is 30.4. The van der Waals surface area contributed by atoms with Crippen LogP contribution in [0.3, 0.4) is 0 Å². The van der Waals surface area contributed by atoms with Gasteiger partial charge in [0.2, 0.25) is 11.8 Å². The normalized spacial score (nSPS) is 46.3. The van der Waals surface area contributed by atoms with Gasteiger partial charge in [-0.1, -0.05) is 0 Å². The SMILES string of the molecule is CN1C(=O)CC(N2CCN(C34CC5CC(CC(C5)C3)C4)CC2)C1=O. The Balaban J connectivity index is 1.26. The molecule has 6 rings (SSSR count). The van der Waals surface area contributed by atoms with E-state index in [9.17, 15) is 9.59 Å². The van der Waals surface area contributed by atoms with Crippen LogP contribution in [-0.4, -0.2) is 71.3 Å². The maximum Gasteiger partial charge on any atom is 0.246 e. The number of carbonyl (C=O) groups is 2. The minimum atomic E-state index is -0.194. The molecule has 0 aromatic rings. The van der Waals surface area contributed by atoms with Crippen molar-refractivity contribution in [2.24, 2.45) is 17.8 Å². The molecule has 2 heterocycles. The van der Waals surface area contributed by atoms with E-state index in [0.717, 1.165) is 43.9 Å². The lowest BCUT2D eigenvalue weighted by Crippen LogP contribution is -2.64. The lowest BCUT2D eigenvalue weighted by Gasteiger charge is -2.61. The second-order valence-electron chi connectivity index (χ2n) is 9.18. The first-order valence-electron chi connectivity index (χ1n) is 9.83. The van der Waals surface area contributed by atoms with Gasteiger partial charge >= 0.3 is 0 Å². The van der Waals surface area contributed by atoms with Crippen molar-refractivity contribution in [1.29, 1.82) is 0 Å². The van der Waals surface area contributed by atoms with Gasteiger partial charge in [0.1, 0.15) is 0 Å². The molecule has 4 bridgehead atoms. The molecule has 0 aromatic heterocycles. The number of nitrogens with zero attached hydrogens (tertiary/aromatic N) is 3. The fourth-order valence-electron chi connectivity index (χ4n) is 6.98. The molecular weight excluding hydrogens is 302 g/mol. The van der Waals surface area contributed by atoms with Gasteiger partial charge in [-0.3, -0.25) is 24.3 Å². The highest BCUT2D eigenvalue weighted by Gasteiger charge is 2.54. The summed E-state index contributed by atoms with van der Waals surface area (Å²) < 4.78 is 0. The summed E-state index contributed by atoms with van der Waals surface area (Å²) in [5.74, 6) is 2.93. The molecule has 2 saturated heterocycles. The third-order valence-corrected chi connectivity index (χ3v) is 7.79. The smallest absolute Gasteiger partial charge is 0.246 e. The van der Waals surface area contributed by atoms with E-state index in [2.05, 4.69) is 9.80 Å². The monoisotopic (exact) mass is 331 g/mol. The molecule has 1 atom stereocenters. The van der Waals surface area contributed by atoms with Crippen LogP contribution in [0.15, 0.2) is 0 Å². The van der Waals surface area contributed by atoms with Crippen molar-refractivity contribution in [3.05, 3.63) is 0 Å². The molecule has 5 heteroatoms. The first-order chi connectivity index (χ1) is 11.5. The Morgan fingerprint density at radius 1 is 0.875 bits per heavy atom. The quantitative estimate of drug-likeness (QED) is 0.716. The van der Waals surface area contributed by atoms with Crippen molar-refractivity contribution >= 4 is 11.8 Å². The number of likely N-dealkylation sites (N-methyl/N-ethyl adjacent to an activating group) is 1. The van der Waals surface area contributed by atoms with Crippen LogP contribution >= 0.6 is 0 Å². The fourth-order valence-corrected chi connectivity index (χ4v) is 6.98. The second kappa shape index (κ2) is 5.28. The van der Waals surface area contributed by atoms with Crippen LogP contribution in [0, 0.1) is 17.8 Å². The van der Waals surface area contributed by atoms with Crippen LogP contribution in [0.25, 0.3) is 0 Å². The third-order valence-electron chi connectivity index (χ3n) is 7.79. The van der Waals surface area contributed by atoms with Gasteiger partial charge in [-0.05, 0) is 56.3 Å². The molecule has 6 aliphatic rings. The number of likely N-dealkylation sites (tertiary alicyclic amines) is 1. The van der Waals surface area contributed by atoms with E-state index < -0.39 is 0 Å². The lowest BCUT2D eigenvalue weighted by atomic mass is 9.52. The van der Waals surface area contributed by atoms with E-state index in [1.165, 1.54) is 43.4 Å². The van der Waals surface area contributed by atoms with Gasteiger partial charge in [-0.15, -0.1) is 0 Å². The van der Waals surface area contributed by atoms with Crippen LogP contribution < -0.4 is 0 Å². The number of hydrogen-bond donors (Lipinski definition) is 0. The standard InChI is InChI=1S/C19H29N3O2/c1-20-17(23)9-16(18(20)24)21-2-4-22(5-3-21)19-10-13-6-14(11-19)8-15(7-13)12-19/h13-16H,2-12H2,1H3. The minimum absolute atomic E-state index is 0.00301. The largest absolute Gasteiger partial charge is 0.295 e. The zero-order valence-corrected chi connectivity index (χ0v) is 14.7. The average Bonchev–Trinajstić information content (AvgIpc) is 2.81. The van der Waals surface area contributed by atoms with Gasteiger partial charge in [0.15, 0.2) is 0 Å². The van der Waals surface area contributed by atoms with Crippen molar-refractivity contribution in [2.75, 3.05) is 33.2 Å². The summed E-state index contributed by atoms with van der Waals surface area (Å²) >= 11 is 0. The van der Waals surface area contributed by atoms with Crippen molar-refractivity contribution in [3.63, 3.8) is 0 Å². The first kappa shape index (κ1) is 15.3. The molecule has 2 amide bonds. The number of imide groups is 1. The Labute approximate surface area is 144 Å². The van der Waals surface area contributed by atoms with Gasteiger partial charge < -0.3 is 0 Å². The Hall–Kier alpha value is -0.940. The Kier molecular flexibility index (Phi) is 3.37. The molecular formula is C19H29N3O2. The highest BCUT2D eigenvalue weighted by atomic mass is 16.2. The number of amides is 2. The summed E-state index contributed by atoms with van der Waals surface area (Å²) in [6, 6.07) is -0.194. The first-order valence-corrected chi connectivity index (χ1v) is 9.83. The topological polar surface area (TPSA) is 43.9 Å². The molecule has 0 aromatic carbocycles. The fraction of sp³-hybridized carbons (Fsp3) is 0.895. The van der Waals surface area contributed by atoms with E-state index in [0.29, 0.717) is 12.0 Å². The maximum absolute atomic E-state index is 12.3. The summed E-state index contributed by atoms with van der Waals surface area (Å²) in [5.41, 5.74) is 0.479. The van der Waals surface area contributed by atoms with Crippen LogP contribution in [0.2, 0.25) is 0 Å². The summed E-state index contributed by atoms with van der Waals surface area (Å²) in [6.45, 7) is 4.04. The molecule has 0 N–H and O–H groups in total. The van der Waals surface area contributed by atoms with Crippen LogP contribution in [0.1, 0.15) is 44.9 Å². The number of piperazine rings is 1. The van der Waals surface area contributed by atoms with E-state index in [4.69, 9.17) is 0 Å². The van der Waals surface area contributed by atoms with Gasteiger partial charge in [0.05, 0.1) is 12.5 Å². The van der Waals surface area contributed by atoms with Crippen molar-refractivity contribution in [2.45, 2.75) is 56.5 Å². The van der Waals surface area contributed by atoms with Crippen molar-refractivity contribution in [1.82, 2.24) is 14.7 Å². The molecule has 5 nitrogen and oxygen atoms in total. The lowest BCUT2D eigenvalue weighted by molar-refractivity contribution is -0.138. The molecule has 132 valence electrons. The number of rotatable bonds is 2. The Bertz CT molecular complexity index is 532. The zero-order chi connectivity index (χ0) is 16.5. The maximum atomic E-state index is 12.3. The number of carbonyl (C=O) groups excluding carboxylic acids is 2. The highest BCUT2D eigenvalue weighted by molar-refractivity contribution is 6.05. The van der Waals surface area contributed by atoms with E-state index in [1.54, 1.807) is 7.05 Å². The third kappa shape index (κ3) is 2.20. The van der Waals surface area contributed by atoms with Crippen molar-refractivity contribution < 1.29 is 9.59 Å². The average molecular weight is 331 g/mol. The van der Waals surface area contributed by atoms with Gasteiger partial charge in [-0.2, -0.15) is 0 Å². The highest BCUT2D eigenvalue weighted by Crippen LogP contribution is 2.57. The Morgan fingerprint density at radius 2 is 1.42 bits per heavy atom. The predicted molar refractivity (Wildman–Crippen MR) is 90.2 cm³/mol. The van der Waals surface area contributed by atoms with Crippen LogP contribution in [0.4, 0.5) is 0 Å². The summed E-state index contributed by atoms with van der Waals surface area (Å²) in [5, 5.41) is 0. The van der Waals surface area contributed by atoms with Gasteiger partial charge in [0, 0.05) is 38.8 Å². The van der Waals surface area contributed by atoms with Crippen molar-refractivity contribution in [3.8, 4) is 0 Å². The summed E-state index contributed by atoms with van der Waals surface area (Å²) in [7, 11) is 1.62. The summed E-state index contributed by atoms with van der Waals surface area (Å²) in [6.07, 6.45) is 9.11. The molecule has 0 spiro atoms. The van der Waals surface area contributed by atoms with E-state index in [-0.39, 0.29) is 17.9 Å². The van der Waals surface area contributed by atoms with Gasteiger partial charge in [-0.25, -0.2) is 0 Å². The molecule has 4 aliphatic carbocycles. The van der Waals surface area contributed by atoms with Crippen LogP contribution in [0.5, 0.6) is 0 Å². The number of hydrogen-bond acceptors (Lipinski definition) is 4. The molecule has 1 unspecified atom stereocenters. The minimum Gasteiger partial charge on any atom is -0.295 e. The predicted octanol–water partition coefficient (Wildman–Crippen LogP) is 1.33. The van der Waals surface area contributed by atoms with Crippen LogP contribution in [-0.2, 0) is 9.59 Å². The van der Waals surface area contributed by atoms with Gasteiger partial charge in [0.25, 0.3) is 0 Å². The molecule has 4 saturated carbocycles.